The average Bonchev–Trinajstić information content (AvgIpc) is 1.81. The molecule has 0 atom stereocenters. The first-order chi connectivity index (χ1) is 5.72. The second-order valence-electron chi connectivity index (χ2n) is 2.47. The van der Waals surface area contributed by atoms with Crippen molar-refractivity contribution in [1.29, 1.82) is 0 Å². The minimum Gasteiger partial charge on any atom is -0.293 e. The van der Waals surface area contributed by atoms with Crippen LogP contribution in [-0.2, 0) is 9.59 Å². The van der Waals surface area contributed by atoms with Crippen LogP contribution in [0.1, 0.15) is 6.92 Å². The van der Waals surface area contributed by atoms with Crippen molar-refractivity contribution < 1.29 is 29.5 Å². The first kappa shape index (κ1) is 12.4. The zero-order chi connectivity index (χ0) is 10.6. The molecule has 0 aromatic carbocycles. The van der Waals surface area contributed by atoms with Crippen LogP contribution in [0.5, 0.6) is 0 Å². The number of hydrogen-bond donors (Lipinski definition) is 4. The number of carbonyl (C=O) groups excluding carboxylic acids is 2. The second-order valence-corrected chi connectivity index (χ2v) is 4.17. The molecule has 0 unspecified atom stereocenters. The van der Waals surface area contributed by atoms with Gasteiger partial charge in [0.15, 0.2) is 11.9 Å². The third kappa shape index (κ3) is 6.56. The molecular weight excluding hydrogens is 201 g/mol. The van der Waals surface area contributed by atoms with Crippen LogP contribution < -0.4 is 0 Å². The second kappa shape index (κ2) is 4.59. The fourth-order valence-electron chi connectivity index (χ4n) is 0.565. The highest BCUT2D eigenvalue weighted by molar-refractivity contribution is 7.59. The Kier molecular flexibility index (Phi) is 4.38. The average molecular weight is 212 g/mol. The van der Waals surface area contributed by atoms with Gasteiger partial charge in [0, 0.05) is 6.92 Å². The molecule has 0 saturated carbocycles. The number of nitrogens with zero attached hydrogens (tertiary/aromatic N) is 1. The molecule has 4 N–H and O–H groups in total. The van der Waals surface area contributed by atoms with E-state index < -0.39 is 32.3 Å². The molecule has 7 nitrogen and oxygen atoms in total. The molecule has 0 aromatic rings. The molecule has 0 saturated heterocycles. The Hall–Kier alpha value is -0.590. The number of ketones is 1. The Bertz CT molecular complexity index is 212. The van der Waals surface area contributed by atoms with Gasteiger partial charge in [-0.2, -0.15) is 14.7 Å². The van der Waals surface area contributed by atoms with Crippen LogP contribution in [0.2, 0.25) is 0 Å². The summed E-state index contributed by atoms with van der Waals surface area (Å²) < 4.78 is 0. The van der Waals surface area contributed by atoms with E-state index in [-0.39, 0.29) is 5.06 Å². The lowest BCUT2D eigenvalue weighted by molar-refractivity contribution is -0.165. The zero-order valence-electron chi connectivity index (χ0n) is 6.91. The summed E-state index contributed by atoms with van der Waals surface area (Å²) in [5.74, 6) is -1.58. The van der Waals surface area contributed by atoms with Gasteiger partial charge in [-0.05, 0) is 0 Å². The molecular formula is C5H11NO6P+. The molecule has 0 heterocycles. The van der Waals surface area contributed by atoms with Crippen molar-refractivity contribution in [3.63, 3.8) is 0 Å². The van der Waals surface area contributed by atoms with Crippen molar-refractivity contribution in [3.05, 3.63) is 0 Å². The highest BCUT2D eigenvalue weighted by Gasteiger charge is 2.34. The minimum absolute atomic E-state index is 0.123. The van der Waals surface area contributed by atoms with Crippen LogP contribution in [-0.4, -0.2) is 49.3 Å². The summed E-state index contributed by atoms with van der Waals surface area (Å²) in [6, 6.07) is 0. The SMILES string of the molecule is CC(=O)N(O)CC(=O)C[P+](O)(O)O. The Morgan fingerprint density at radius 3 is 2.08 bits per heavy atom. The first-order valence-electron chi connectivity index (χ1n) is 3.27. The number of amides is 1. The van der Waals surface area contributed by atoms with Gasteiger partial charge in [0.05, 0.1) is 0 Å². The van der Waals surface area contributed by atoms with Crippen molar-refractivity contribution in [1.82, 2.24) is 5.06 Å². The maximum atomic E-state index is 10.8. The molecule has 13 heavy (non-hydrogen) atoms. The van der Waals surface area contributed by atoms with Crippen molar-refractivity contribution in [3.8, 4) is 0 Å². The quantitative estimate of drug-likeness (QED) is 0.257. The highest BCUT2D eigenvalue weighted by Crippen LogP contribution is 2.43. The van der Waals surface area contributed by atoms with Crippen molar-refractivity contribution >= 4 is 19.6 Å². The number of hydroxylamine groups is 2. The Labute approximate surface area is 74.8 Å². The van der Waals surface area contributed by atoms with E-state index in [9.17, 15) is 9.59 Å². The van der Waals surface area contributed by atoms with E-state index in [1.807, 2.05) is 0 Å². The molecule has 0 rings (SSSR count). The lowest BCUT2D eigenvalue weighted by Crippen LogP contribution is -2.32. The van der Waals surface area contributed by atoms with Gasteiger partial charge >= 0.3 is 7.94 Å². The Morgan fingerprint density at radius 2 is 1.77 bits per heavy atom. The number of Topliss-reactive ketones (excluding diaryl/α,β-unsaturated/α-hetero) is 1. The lowest BCUT2D eigenvalue weighted by Gasteiger charge is -2.10. The van der Waals surface area contributed by atoms with Gasteiger partial charge in [-0.15, -0.1) is 0 Å². The fraction of sp³-hybridized carbons (Fsp3) is 0.600. The third-order valence-electron chi connectivity index (χ3n) is 1.08. The first-order valence-corrected chi connectivity index (χ1v) is 5.10. The van der Waals surface area contributed by atoms with E-state index in [0.29, 0.717) is 0 Å². The van der Waals surface area contributed by atoms with Crippen molar-refractivity contribution in [2.45, 2.75) is 6.92 Å². The molecule has 1 amide bonds. The highest BCUT2D eigenvalue weighted by atomic mass is 31.2. The van der Waals surface area contributed by atoms with Crippen molar-refractivity contribution in [2.75, 3.05) is 12.7 Å². The fourth-order valence-corrected chi connectivity index (χ4v) is 1.14. The van der Waals surface area contributed by atoms with Gasteiger partial charge in [0.1, 0.15) is 6.54 Å². The van der Waals surface area contributed by atoms with Gasteiger partial charge in [0.2, 0.25) is 5.91 Å². The molecule has 0 aromatic heterocycles. The molecule has 76 valence electrons. The molecule has 0 aliphatic rings. The largest absolute Gasteiger partial charge is 0.411 e. The van der Waals surface area contributed by atoms with Crippen LogP contribution in [0.25, 0.3) is 0 Å². The van der Waals surface area contributed by atoms with Crippen LogP contribution in [0.15, 0.2) is 0 Å². The molecule has 0 radical (unpaired) electrons. The van der Waals surface area contributed by atoms with E-state index in [4.69, 9.17) is 19.9 Å². The van der Waals surface area contributed by atoms with Crippen LogP contribution >= 0.6 is 7.94 Å². The number of rotatable bonds is 4. The van der Waals surface area contributed by atoms with E-state index >= 15 is 0 Å². The summed E-state index contributed by atoms with van der Waals surface area (Å²) in [7, 11) is -4.16. The zero-order valence-corrected chi connectivity index (χ0v) is 7.81. The lowest BCUT2D eigenvalue weighted by atomic mass is 10.4. The topological polar surface area (TPSA) is 118 Å². The number of carbonyl (C=O) groups is 2. The van der Waals surface area contributed by atoms with Gasteiger partial charge in [0.25, 0.3) is 0 Å². The predicted octanol–water partition coefficient (Wildman–Crippen LogP) is -1.47. The normalized spacial score (nSPS) is 11.2. The summed E-state index contributed by atoms with van der Waals surface area (Å²) >= 11 is 0. The summed E-state index contributed by atoms with van der Waals surface area (Å²) in [5.41, 5.74) is 0. The van der Waals surface area contributed by atoms with E-state index in [0.717, 1.165) is 6.92 Å². The summed E-state index contributed by atoms with van der Waals surface area (Å²) in [6.45, 7) is 0.366. The summed E-state index contributed by atoms with van der Waals surface area (Å²) in [6.07, 6.45) is -0.864. The minimum atomic E-state index is -4.16. The Balaban J connectivity index is 3.96. The standard InChI is InChI=1S/C5H11NO6P/c1-4(7)6(9)2-5(8)3-13(10,11)12/h9-12H,2-3H2,1H3/q+1. The van der Waals surface area contributed by atoms with Gasteiger partial charge in [-0.1, -0.05) is 0 Å². The molecule has 0 spiro atoms. The van der Waals surface area contributed by atoms with Crippen LogP contribution in [0.3, 0.4) is 0 Å². The van der Waals surface area contributed by atoms with Crippen LogP contribution in [0.4, 0.5) is 0 Å². The van der Waals surface area contributed by atoms with E-state index in [1.165, 1.54) is 0 Å². The van der Waals surface area contributed by atoms with Crippen molar-refractivity contribution in [2.24, 2.45) is 0 Å². The predicted molar refractivity (Wildman–Crippen MR) is 42.6 cm³/mol. The maximum Gasteiger partial charge on any atom is 0.411 e. The molecule has 0 bridgehead atoms. The Morgan fingerprint density at radius 1 is 1.31 bits per heavy atom. The van der Waals surface area contributed by atoms with Gasteiger partial charge in [-0.25, -0.2) is 5.06 Å². The molecule has 8 heteroatoms. The smallest absolute Gasteiger partial charge is 0.293 e. The maximum absolute atomic E-state index is 10.8. The molecule has 0 aliphatic heterocycles. The summed E-state index contributed by atoms with van der Waals surface area (Å²) in [4.78, 5) is 46.5. The van der Waals surface area contributed by atoms with Gasteiger partial charge in [-0.3, -0.25) is 14.8 Å². The molecule has 0 fully saturated rings. The van der Waals surface area contributed by atoms with E-state index in [1.54, 1.807) is 0 Å². The van der Waals surface area contributed by atoms with Crippen LogP contribution in [0, 0.1) is 0 Å². The monoisotopic (exact) mass is 212 g/mol. The summed E-state index contributed by atoms with van der Waals surface area (Å²) in [5, 5.41) is 8.85. The van der Waals surface area contributed by atoms with E-state index in [2.05, 4.69) is 0 Å². The third-order valence-corrected chi connectivity index (χ3v) is 1.86. The number of hydrogen-bond acceptors (Lipinski definition) is 6. The molecule has 0 aliphatic carbocycles. The van der Waals surface area contributed by atoms with Gasteiger partial charge < -0.3 is 0 Å².